The SMILES string of the molecule is CC(=O)Nc1nc(/C=C/c2cc(C3OCCO3)cs2)cs1. The lowest BCUT2D eigenvalue weighted by Crippen LogP contribution is -2.04. The molecule has 1 amide bonds. The van der Waals surface area contributed by atoms with E-state index in [0.29, 0.717) is 18.3 Å². The van der Waals surface area contributed by atoms with Crippen LogP contribution in [-0.4, -0.2) is 24.1 Å². The number of carbonyl (C=O) groups is 1. The molecule has 0 aliphatic carbocycles. The number of amides is 1. The molecular formula is C14H14N2O3S2. The Morgan fingerprint density at radius 2 is 2.14 bits per heavy atom. The summed E-state index contributed by atoms with van der Waals surface area (Å²) < 4.78 is 10.9. The van der Waals surface area contributed by atoms with Gasteiger partial charge in [0.1, 0.15) is 0 Å². The molecule has 1 N–H and O–H groups in total. The minimum absolute atomic E-state index is 0.112. The summed E-state index contributed by atoms with van der Waals surface area (Å²) in [6, 6.07) is 2.05. The van der Waals surface area contributed by atoms with Crippen LogP contribution in [0.15, 0.2) is 16.8 Å². The molecule has 1 fully saturated rings. The van der Waals surface area contributed by atoms with Crippen LogP contribution in [0.25, 0.3) is 12.2 Å². The summed E-state index contributed by atoms with van der Waals surface area (Å²) in [5.41, 5.74) is 1.88. The summed E-state index contributed by atoms with van der Waals surface area (Å²) in [6.07, 6.45) is 3.69. The predicted molar refractivity (Wildman–Crippen MR) is 84.3 cm³/mol. The highest BCUT2D eigenvalue weighted by Gasteiger charge is 2.19. The van der Waals surface area contributed by atoms with Gasteiger partial charge in [-0.1, -0.05) is 0 Å². The van der Waals surface area contributed by atoms with Gasteiger partial charge in [-0.15, -0.1) is 22.7 Å². The van der Waals surface area contributed by atoms with Gasteiger partial charge in [0.25, 0.3) is 0 Å². The van der Waals surface area contributed by atoms with Gasteiger partial charge in [0.15, 0.2) is 11.4 Å². The fourth-order valence-corrected chi connectivity index (χ4v) is 3.39. The Morgan fingerprint density at radius 1 is 1.33 bits per heavy atom. The van der Waals surface area contributed by atoms with Crippen LogP contribution in [0.2, 0.25) is 0 Å². The number of nitrogens with zero attached hydrogens (tertiary/aromatic N) is 1. The highest BCUT2D eigenvalue weighted by molar-refractivity contribution is 7.14. The van der Waals surface area contributed by atoms with Crippen molar-refractivity contribution in [1.29, 1.82) is 0 Å². The van der Waals surface area contributed by atoms with Gasteiger partial charge in [0.05, 0.1) is 18.9 Å². The first-order chi connectivity index (χ1) is 10.2. The molecule has 0 bridgehead atoms. The minimum atomic E-state index is -0.228. The molecule has 0 saturated carbocycles. The predicted octanol–water partition coefficient (Wildman–Crippen LogP) is 3.38. The summed E-state index contributed by atoms with van der Waals surface area (Å²) in [6.45, 7) is 2.77. The fraction of sp³-hybridized carbons (Fsp3) is 0.286. The van der Waals surface area contributed by atoms with Crippen molar-refractivity contribution in [3.8, 4) is 0 Å². The second-order valence-corrected chi connectivity index (χ2v) is 6.25. The fourth-order valence-electron chi connectivity index (χ4n) is 1.87. The standard InChI is InChI=1S/C14H14N2O3S2/c1-9(17)15-14-16-11(8-21-14)2-3-12-6-10(7-20-12)13-18-4-5-19-13/h2-3,6-8,13H,4-5H2,1H3,(H,15,16,17)/b3-2+. The van der Waals surface area contributed by atoms with Crippen molar-refractivity contribution in [2.24, 2.45) is 0 Å². The maximum absolute atomic E-state index is 10.9. The highest BCUT2D eigenvalue weighted by atomic mass is 32.1. The van der Waals surface area contributed by atoms with Gasteiger partial charge >= 0.3 is 0 Å². The minimum Gasteiger partial charge on any atom is -0.346 e. The maximum Gasteiger partial charge on any atom is 0.223 e. The topological polar surface area (TPSA) is 60.5 Å². The van der Waals surface area contributed by atoms with E-state index in [2.05, 4.69) is 16.4 Å². The van der Waals surface area contributed by atoms with Gasteiger partial charge in [0, 0.05) is 22.7 Å². The summed E-state index contributed by atoms with van der Waals surface area (Å²) in [5, 5.41) is 7.22. The number of thiazole rings is 1. The Labute approximate surface area is 130 Å². The van der Waals surface area contributed by atoms with Gasteiger partial charge in [-0.2, -0.15) is 0 Å². The number of aromatic nitrogens is 1. The third-order valence-corrected chi connectivity index (χ3v) is 4.45. The lowest BCUT2D eigenvalue weighted by molar-refractivity contribution is -0.114. The van der Waals surface area contributed by atoms with E-state index in [4.69, 9.17) is 9.47 Å². The summed E-state index contributed by atoms with van der Waals surface area (Å²) in [7, 11) is 0. The van der Waals surface area contributed by atoms with E-state index in [0.717, 1.165) is 16.1 Å². The van der Waals surface area contributed by atoms with Crippen molar-refractivity contribution in [3.05, 3.63) is 33.0 Å². The monoisotopic (exact) mass is 322 g/mol. The first kappa shape index (κ1) is 14.4. The van der Waals surface area contributed by atoms with Crippen LogP contribution in [-0.2, 0) is 14.3 Å². The average Bonchev–Trinajstić information content (AvgIpc) is 3.17. The molecule has 0 unspecified atom stereocenters. The van der Waals surface area contributed by atoms with E-state index in [1.165, 1.54) is 18.3 Å². The molecular weight excluding hydrogens is 308 g/mol. The quantitative estimate of drug-likeness (QED) is 0.937. The van der Waals surface area contributed by atoms with Crippen molar-refractivity contribution in [2.45, 2.75) is 13.2 Å². The largest absolute Gasteiger partial charge is 0.346 e. The zero-order chi connectivity index (χ0) is 14.7. The molecule has 110 valence electrons. The van der Waals surface area contributed by atoms with Crippen LogP contribution in [0.5, 0.6) is 0 Å². The van der Waals surface area contributed by atoms with Gasteiger partial charge in [-0.05, 0) is 23.6 Å². The normalized spacial score (nSPS) is 15.9. The van der Waals surface area contributed by atoms with Gasteiger partial charge < -0.3 is 14.8 Å². The number of ether oxygens (including phenoxy) is 2. The number of rotatable bonds is 4. The van der Waals surface area contributed by atoms with Crippen molar-refractivity contribution in [1.82, 2.24) is 4.98 Å². The van der Waals surface area contributed by atoms with Crippen LogP contribution in [0, 0.1) is 0 Å². The number of anilines is 1. The molecule has 7 heteroatoms. The number of hydrogen-bond acceptors (Lipinski definition) is 6. The van der Waals surface area contributed by atoms with Crippen LogP contribution >= 0.6 is 22.7 Å². The van der Waals surface area contributed by atoms with Crippen LogP contribution in [0.1, 0.15) is 29.3 Å². The number of nitrogens with one attached hydrogen (secondary N) is 1. The van der Waals surface area contributed by atoms with Crippen molar-refractivity contribution >= 4 is 45.9 Å². The number of thiophene rings is 1. The Balaban J connectivity index is 1.65. The second-order valence-electron chi connectivity index (χ2n) is 4.45. The lowest BCUT2D eigenvalue weighted by Gasteiger charge is -2.04. The maximum atomic E-state index is 10.9. The zero-order valence-corrected chi connectivity index (χ0v) is 13.0. The van der Waals surface area contributed by atoms with Crippen LogP contribution in [0.4, 0.5) is 5.13 Å². The molecule has 0 aromatic carbocycles. The van der Waals surface area contributed by atoms with E-state index < -0.39 is 0 Å². The molecule has 5 nitrogen and oxygen atoms in total. The third kappa shape index (κ3) is 3.76. The average molecular weight is 322 g/mol. The summed E-state index contributed by atoms with van der Waals surface area (Å²) >= 11 is 3.04. The summed E-state index contributed by atoms with van der Waals surface area (Å²) in [4.78, 5) is 16.4. The Kier molecular flexibility index (Phi) is 4.45. The van der Waals surface area contributed by atoms with E-state index in [1.807, 2.05) is 22.9 Å². The molecule has 3 heterocycles. The molecule has 0 radical (unpaired) electrons. The summed E-state index contributed by atoms with van der Waals surface area (Å²) in [5.74, 6) is -0.112. The third-order valence-electron chi connectivity index (χ3n) is 2.76. The molecule has 21 heavy (non-hydrogen) atoms. The second kappa shape index (κ2) is 6.48. The molecule has 1 saturated heterocycles. The molecule has 0 atom stereocenters. The highest BCUT2D eigenvalue weighted by Crippen LogP contribution is 2.28. The lowest BCUT2D eigenvalue weighted by atomic mass is 10.3. The van der Waals surface area contributed by atoms with Crippen LogP contribution < -0.4 is 5.32 Å². The Hall–Kier alpha value is -1.54. The van der Waals surface area contributed by atoms with Crippen molar-refractivity contribution in [2.75, 3.05) is 18.5 Å². The van der Waals surface area contributed by atoms with Crippen LogP contribution in [0.3, 0.4) is 0 Å². The first-order valence-corrected chi connectivity index (χ1v) is 8.19. The Bertz CT molecular complexity index is 657. The first-order valence-electron chi connectivity index (χ1n) is 6.43. The van der Waals surface area contributed by atoms with Gasteiger partial charge in [-0.25, -0.2) is 4.98 Å². The molecule has 0 spiro atoms. The molecule has 3 rings (SSSR count). The van der Waals surface area contributed by atoms with Crippen molar-refractivity contribution in [3.63, 3.8) is 0 Å². The smallest absolute Gasteiger partial charge is 0.223 e. The number of hydrogen-bond donors (Lipinski definition) is 1. The van der Waals surface area contributed by atoms with Gasteiger partial charge in [-0.3, -0.25) is 4.79 Å². The van der Waals surface area contributed by atoms with E-state index in [-0.39, 0.29) is 12.2 Å². The van der Waals surface area contributed by atoms with E-state index >= 15 is 0 Å². The Morgan fingerprint density at radius 3 is 2.90 bits per heavy atom. The van der Waals surface area contributed by atoms with Crippen molar-refractivity contribution < 1.29 is 14.3 Å². The molecule has 2 aromatic rings. The van der Waals surface area contributed by atoms with E-state index in [1.54, 1.807) is 11.3 Å². The van der Waals surface area contributed by atoms with Gasteiger partial charge in [0.2, 0.25) is 5.91 Å². The zero-order valence-electron chi connectivity index (χ0n) is 11.4. The molecule has 2 aromatic heterocycles. The molecule has 1 aliphatic heterocycles. The number of carbonyl (C=O) groups excluding carboxylic acids is 1. The van der Waals surface area contributed by atoms with E-state index in [9.17, 15) is 4.79 Å². The molecule has 1 aliphatic rings.